The molecule has 6 nitrogen and oxygen atoms in total. The molecule has 3 aliphatic rings. The van der Waals surface area contributed by atoms with Gasteiger partial charge in [0.15, 0.2) is 0 Å². The highest BCUT2D eigenvalue weighted by molar-refractivity contribution is 5.98. The van der Waals surface area contributed by atoms with Gasteiger partial charge in [0, 0.05) is 63.4 Å². The zero-order valence-corrected chi connectivity index (χ0v) is 18.1. The number of benzene rings is 2. The predicted molar refractivity (Wildman–Crippen MR) is 120 cm³/mol. The van der Waals surface area contributed by atoms with Gasteiger partial charge in [-0.3, -0.25) is 14.5 Å². The van der Waals surface area contributed by atoms with Crippen molar-refractivity contribution < 1.29 is 14.3 Å². The molecule has 0 aromatic heterocycles. The molecule has 2 aromatic carbocycles. The fourth-order valence-corrected chi connectivity index (χ4v) is 4.87. The van der Waals surface area contributed by atoms with E-state index in [2.05, 4.69) is 23.1 Å². The summed E-state index contributed by atoms with van der Waals surface area (Å²) in [7, 11) is 0. The van der Waals surface area contributed by atoms with Crippen LogP contribution in [0.1, 0.15) is 40.4 Å². The molecule has 0 spiro atoms. The number of fused-ring (bicyclic) bond motifs is 2. The number of hydrogen-bond acceptors (Lipinski definition) is 4. The molecule has 0 unspecified atom stereocenters. The van der Waals surface area contributed by atoms with E-state index >= 15 is 0 Å². The molecule has 0 N–H and O–H groups in total. The molecule has 3 heterocycles. The van der Waals surface area contributed by atoms with Crippen LogP contribution in [-0.2, 0) is 24.2 Å². The van der Waals surface area contributed by atoms with Crippen LogP contribution in [-0.4, -0.2) is 60.9 Å². The standard InChI is InChI=1S/C25H29N3O3/c1-2-24(29)28-9-7-19-16-21(4-5-22(19)28)25(30)27-12-10-26(11-13-27)17-18-3-6-23-20(15-18)8-14-31-23/h3-6,15-16H,2,7-14,17H2,1H3. The zero-order chi connectivity index (χ0) is 21.4. The van der Waals surface area contributed by atoms with E-state index in [-0.39, 0.29) is 11.8 Å². The van der Waals surface area contributed by atoms with Crippen LogP contribution < -0.4 is 9.64 Å². The fourth-order valence-electron chi connectivity index (χ4n) is 4.87. The molecule has 1 saturated heterocycles. The fraction of sp³-hybridized carbons (Fsp3) is 0.440. The highest BCUT2D eigenvalue weighted by Gasteiger charge is 2.27. The van der Waals surface area contributed by atoms with Crippen molar-refractivity contribution in [2.45, 2.75) is 32.7 Å². The molecule has 162 valence electrons. The van der Waals surface area contributed by atoms with Gasteiger partial charge in [0.1, 0.15) is 5.75 Å². The Morgan fingerprint density at radius 3 is 2.58 bits per heavy atom. The molecule has 1 fully saturated rings. The van der Waals surface area contributed by atoms with E-state index in [9.17, 15) is 9.59 Å². The Hall–Kier alpha value is -2.86. The number of nitrogens with zero attached hydrogens (tertiary/aromatic N) is 3. The van der Waals surface area contributed by atoms with Crippen LogP contribution in [0.2, 0.25) is 0 Å². The third-order valence-corrected chi connectivity index (χ3v) is 6.65. The van der Waals surface area contributed by atoms with Crippen LogP contribution in [0.15, 0.2) is 36.4 Å². The summed E-state index contributed by atoms with van der Waals surface area (Å²) < 4.78 is 5.60. The van der Waals surface area contributed by atoms with E-state index < -0.39 is 0 Å². The van der Waals surface area contributed by atoms with Crippen molar-refractivity contribution in [1.29, 1.82) is 0 Å². The predicted octanol–water partition coefficient (Wildman–Crippen LogP) is 2.88. The lowest BCUT2D eigenvalue weighted by Crippen LogP contribution is -2.48. The monoisotopic (exact) mass is 419 g/mol. The Labute approximate surface area is 183 Å². The highest BCUT2D eigenvalue weighted by atomic mass is 16.5. The van der Waals surface area contributed by atoms with Crippen LogP contribution in [0.25, 0.3) is 0 Å². The smallest absolute Gasteiger partial charge is 0.253 e. The van der Waals surface area contributed by atoms with Crippen molar-refractivity contribution in [1.82, 2.24) is 9.80 Å². The van der Waals surface area contributed by atoms with E-state index in [0.717, 1.165) is 74.7 Å². The Morgan fingerprint density at radius 2 is 1.77 bits per heavy atom. The third-order valence-electron chi connectivity index (χ3n) is 6.65. The van der Waals surface area contributed by atoms with Crippen LogP contribution in [0.4, 0.5) is 5.69 Å². The van der Waals surface area contributed by atoms with Gasteiger partial charge in [0.2, 0.25) is 5.91 Å². The minimum absolute atomic E-state index is 0.0948. The maximum atomic E-state index is 13.1. The Balaban J connectivity index is 1.19. The third kappa shape index (κ3) is 3.92. The summed E-state index contributed by atoms with van der Waals surface area (Å²) in [6.45, 7) is 7.54. The van der Waals surface area contributed by atoms with Crippen molar-refractivity contribution in [3.63, 3.8) is 0 Å². The minimum Gasteiger partial charge on any atom is -0.493 e. The van der Waals surface area contributed by atoms with Gasteiger partial charge >= 0.3 is 0 Å². The van der Waals surface area contributed by atoms with E-state index in [1.807, 2.05) is 34.9 Å². The first-order chi connectivity index (χ1) is 15.1. The molecule has 0 bridgehead atoms. The highest BCUT2D eigenvalue weighted by Crippen LogP contribution is 2.30. The van der Waals surface area contributed by atoms with Crippen molar-refractivity contribution in [3.05, 3.63) is 58.7 Å². The summed E-state index contributed by atoms with van der Waals surface area (Å²) in [6, 6.07) is 12.3. The van der Waals surface area contributed by atoms with Gasteiger partial charge in [-0.2, -0.15) is 0 Å². The van der Waals surface area contributed by atoms with Gasteiger partial charge < -0.3 is 14.5 Å². The van der Waals surface area contributed by atoms with Crippen LogP contribution >= 0.6 is 0 Å². The molecule has 0 radical (unpaired) electrons. The lowest BCUT2D eigenvalue weighted by atomic mass is 10.1. The van der Waals surface area contributed by atoms with Gasteiger partial charge in [-0.25, -0.2) is 0 Å². The summed E-state index contributed by atoms with van der Waals surface area (Å²) in [5, 5.41) is 0. The maximum absolute atomic E-state index is 13.1. The second kappa shape index (κ2) is 8.35. The average Bonchev–Trinajstić information content (AvgIpc) is 3.44. The maximum Gasteiger partial charge on any atom is 0.253 e. The van der Waals surface area contributed by atoms with E-state index in [0.29, 0.717) is 13.0 Å². The summed E-state index contributed by atoms with van der Waals surface area (Å²) in [5.74, 6) is 1.26. The van der Waals surface area contributed by atoms with Crippen LogP contribution in [0, 0.1) is 0 Å². The average molecular weight is 420 g/mol. The molecule has 0 saturated carbocycles. The molecule has 6 heteroatoms. The molecule has 2 aromatic rings. The molecular formula is C25H29N3O3. The number of carbonyl (C=O) groups excluding carboxylic acids is 2. The molecule has 3 aliphatic heterocycles. The van der Waals surface area contributed by atoms with Gasteiger partial charge in [0.05, 0.1) is 6.61 Å². The van der Waals surface area contributed by atoms with Crippen LogP contribution in [0.3, 0.4) is 0 Å². The lowest BCUT2D eigenvalue weighted by molar-refractivity contribution is -0.118. The van der Waals surface area contributed by atoms with Crippen molar-refractivity contribution in [3.8, 4) is 5.75 Å². The summed E-state index contributed by atoms with van der Waals surface area (Å²) in [4.78, 5) is 31.4. The number of amides is 2. The van der Waals surface area contributed by atoms with E-state index in [4.69, 9.17) is 4.74 Å². The Bertz CT molecular complexity index is 1010. The first kappa shape index (κ1) is 20.1. The zero-order valence-electron chi connectivity index (χ0n) is 18.1. The largest absolute Gasteiger partial charge is 0.493 e. The number of anilines is 1. The second-order valence-corrected chi connectivity index (χ2v) is 8.60. The first-order valence-corrected chi connectivity index (χ1v) is 11.3. The van der Waals surface area contributed by atoms with Crippen molar-refractivity contribution in [2.75, 3.05) is 44.2 Å². The number of carbonyl (C=O) groups is 2. The van der Waals surface area contributed by atoms with Crippen molar-refractivity contribution in [2.24, 2.45) is 0 Å². The Morgan fingerprint density at radius 1 is 0.935 bits per heavy atom. The molecule has 5 rings (SSSR count). The summed E-state index contributed by atoms with van der Waals surface area (Å²) in [6.07, 6.45) is 2.32. The summed E-state index contributed by atoms with van der Waals surface area (Å²) in [5.41, 5.74) is 5.42. The minimum atomic E-state index is 0.0948. The number of hydrogen-bond donors (Lipinski definition) is 0. The van der Waals surface area contributed by atoms with Crippen molar-refractivity contribution >= 4 is 17.5 Å². The van der Waals surface area contributed by atoms with E-state index in [1.165, 1.54) is 11.1 Å². The normalized spacial score (nSPS) is 18.0. The molecule has 0 atom stereocenters. The van der Waals surface area contributed by atoms with Gasteiger partial charge in [-0.05, 0) is 47.4 Å². The topological polar surface area (TPSA) is 53.1 Å². The van der Waals surface area contributed by atoms with Gasteiger partial charge in [-0.15, -0.1) is 0 Å². The molecule has 0 aliphatic carbocycles. The molecule has 31 heavy (non-hydrogen) atoms. The summed E-state index contributed by atoms with van der Waals surface area (Å²) >= 11 is 0. The first-order valence-electron chi connectivity index (χ1n) is 11.3. The molecular weight excluding hydrogens is 390 g/mol. The van der Waals surface area contributed by atoms with Gasteiger partial charge in [0.25, 0.3) is 5.91 Å². The number of rotatable bonds is 4. The second-order valence-electron chi connectivity index (χ2n) is 8.60. The molecule has 2 amide bonds. The lowest BCUT2D eigenvalue weighted by Gasteiger charge is -2.35. The SMILES string of the molecule is CCC(=O)N1CCc2cc(C(=O)N3CCN(Cc4ccc5c(c4)CCO5)CC3)ccc21. The van der Waals surface area contributed by atoms with Crippen LogP contribution in [0.5, 0.6) is 5.75 Å². The number of piperazine rings is 1. The van der Waals surface area contributed by atoms with E-state index in [1.54, 1.807) is 0 Å². The Kier molecular flexibility index (Phi) is 5.40. The quantitative estimate of drug-likeness (QED) is 0.765. The van der Waals surface area contributed by atoms with Gasteiger partial charge in [-0.1, -0.05) is 19.1 Å². The number of ether oxygens (including phenoxy) is 1.